The third-order valence-corrected chi connectivity index (χ3v) is 6.57. The lowest BCUT2D eigenvalue weighted by Crippen LogP contribution is -2.28. The Hall–Kier alpha value is -3.19. The standard InChI is InChI=1S/C24H20ClFN2O4/c1-31-19-9-14(8-18(25)22(19)32-12-13-3-2-4-17(26)7-13)11-27-28-23(29)20-15-5-6-16(10-15)21(20)24(28)30/h2-9,11,15-16,20-21H,10,12H2,1H3. The van der Waals surface area contributed by atoms with Gasteiger partial charge < -0.3 is 9.47 Å². The summed E-state index contributed by atoms with van der Waals surface area (Å²) in [5.74, 6) is -0.527. The van der Waals surface area contributed by atoms with E-state index in [1.807, 2.05) is 12.2 Å². The van der Waals surface area contributed by atoms with Crippen LogP contribution in [0.1, 0.15) is 17.5 Å². The van der Waals surface area contributed by atoms with Gasteiger partial charge in [-0.05, 0) is 53.6 Å². The van der Waals surface area contributed by atoms with Crippen LogP contribution >= 0.6 is 11.6 Å². The number of allylic oxidation sites excluding steroid dienone is 2. The lowest BCUT2D eigenvalue weighted by atomic mass is 9.85. The number of methoxy groups -OCH3 is 1. The quantitative estimate of drug-likeness (QED) is 0.372. The summed E-state index contributed by atoms with van der Waals surface area (Å²) in [4.78, 5) is 25.5. The first-order valence-corrected chi connectivity index (χ1v) is 10.7. The van der Waals surface area contributed by atoms with Crippen molar-refractivity contribution in [3.8, 4) is 11.5 Å². The van der Waals surface area contributed by atoms with Crippen molar-refractivity contribution in [3.05, 3.63) is 70.5 Å². The highest BCUT2D eigenvalue weighted by Gasteiger charge is 2.59. The zero-order valence-corrected chi connectivity index (χ0v) is 18.0. The minimum atomic E-state index is -0.352. The molecule has 5 rings (SSSR count). The number of carbonyl (C=O) groups excluding carboxylic acids is 2. The van der Waals surface area contributed by atoms with Gasteiger partial charge in [0.25, 0.3) is 11.8 Å². The number of halogens is 2. The average Bonchev–Trinajstić information content (AvgIpc) is 3.45. The van der Waals surface area contributed by atoms with Crippen LogP contribution in [0.5, 0.6) is 11.5 Å². The van der Waals surface area contributed by atoms with Crippen LogP contribution < -0.4 is 9.47 Å². The van der Waals surface area contributed by atoms with E-state index < -0.39 is 0 Å². The van der Waals surface area contributed by atoms with Gasteiger partial charge in [0.2, 0.25) is 0 Å². The number of hydrogen-bond acceptors (Lipinski definition) is 5. The topological polar surface area (TPSA) is 68.2 Å². The molecular weight excluding hydrogens is 435 g/mol. The number of nitrogens with zero attached hydrogens (tertiary/aromatic N) is 2. The zero-order valence-electron chi connectivity index (χ0n) is 17.2. The molecule has 3 aliphatic rings. The predicted molar refractivity (Wildman–Crippen MR) is 116 cm³/mol. The summed E-state index contributed by atoms with van der Waals surface area (Å²) in [7, 11) is 1.47. The fourth-order valence-corrected chi connectivity index (χ4v) is 5.14. The van der Waals surface area contributed by atoms with Crippen LogP contribution in [0, 0.1) is 29.5 Å². The SMILES string of the molecule is COc1cc(C=NN2C(=O)C3C4C=CC(C4)C3C2=O)cc(Cl)c1OCc1cccc(F)c1. The summed E-state index contributed by atoms with van der Waals surface area (Å²) in [6.45, 7) is 0.108. The van der Waals surface area contributed by atoms with Crippen molar-refractivity contribution < 1.29 is 23.5 Å². The number of ether oxygens (including phenoxy) is 2. The fourth-order valence-electron chi connectivity index (χ4n) is 4.86. The van der Waals surface area contributed by atoms with E-state index in [1.54, 1.807) is 24.3 Å². The van der Waals surface area contributed by atoms with Gasteiger partial charge in [-0.25, -0.2) is 4.39 Å². The van der Waals surface area contributed by atoms with E-state index in [4.69, 9.17) is 21.1 Å². The van der Waals surface area contributed by atoms with Gasteiger partial charge in [-0.1, -0.05) is 35.9 Å². The third kappa shape index (κ3) is 3.46. The number of hydrogen-bond donors (Lipinski definition) is 0. The van der Waals surface area contributed by atoms with E-state index in [2.05, 4.69) is 5.10 Å². The molecule has 6 nitrogen and oxygen atoms in total. The molecule has 8 heteroatoms. The Bertz CT molecular complexity index is 1130. The minimum Gasteiger partial charge on any atom is -0.493 e. The molecule has 0 spiro atoms. The molecule has 2 amide bonds. The van der Waals surface area contributed by atoms with Crippen molar-refractivity contribution in [3.63, 3.8) is 0 Å². The molecule has 2 fully saturated rings. The molecule has 0 N–H and O–H groups in total. The molecule has 1 aliphatic heterocycles. The maximum Gasteiger partial charge on any atom is 0.254 e. The highest BCUT2D eigenvalue weighted by molar-refractivity contribution is 6.32. The van der Waals surface area contributed by atoms with Crippen molar-refractivity contribution in [2.24, 2.45) is 28.8 Å². The van der Waals surface area contributed by atoms with Crippen LogP contribution in [0.25, 0.3) is 0 Å². The highest BCUT2D eigenvalue weighted by atomic mass is 35.5. The third-order valence-electron chi connectivity index (χ3n) is 6.29. The Balaban J connectivity index is 1.33. The molecule has 1 saturated carbocycles. The molecule has 0 radical (unpaired) electrons. The second-order valence-corrected chi connectivity index (χ2v) is 8.59. The number of imide groups is 1. The lowest BCUT2D eigenvalue weighted by Gasteiger charge is -2.14. The van der Waals surface area contributed by atoms with E-state index in [1.165, 1.54) is 25.5 Å². The van der Waals surface area contributed by atoms with Gasteiger partial charge in [-0.2, -0.15) is 10.1 Å². The van der Waals surface area contributed by atoms with Gasteiger partial charge in [-0.3, -0.25) is 9.59 Å². The molecule has 1 heterocycles. The van der Waals surface area contributed by atoms with Crippen LogP contribution in [0.4, 0.5) is 4.39 Å². The number of fused-ring (bicyclic) bond motifs is 5. The normalized spacial score (nSPS) is 25.8. The van der Waals surface area contributed by atoms with E-state index in [9.17, 15) is 14.0 Å². The lowest BCUT2D eigenvalue weighted by molar-refractivity contribution is -0.140. The number of benzene rings is 2. The molecule has 164 valence electrons. The molecule has 4 unspecified atom stereocenters. The molecule has 2 aliphatic carbocycles. The van der Waals surface area contributed by atoms with Crippen LogP contribution in [0.15, 0.2) is 53.7 Å². The molecule has 0 aromatic heterocycles. The monoisotopic (exact) mass is 454 g/mol. The number of rotatable bonds is 6. The largest absolute Gasteiger partial charge is 0.493 e. The van der Waals surface area contributed by atoms with Crippen molar-refractivity contribution in [2.45, 2.75) is 13.0 Å². The fraction of sp³-hybridized carbons (Fsp3) is 0.292. The van der Waals surface area contributed by atoms with Crippen molar-refractivity contribution in [1.29, 1.82) is 0 Å². The molecule has 2 aromatic rings. The van der Waals surface area contributed by atoms with Crippen LogP contribution in [0.2, 0.25) is 5.02 Å². The summed E-state index contributed by atoms with van der Waals surface area (Å²) < 4.78 is 24.5. The Morgan fingerprint density at radius 2 is 1.88 bits per heavy atom. The predicted octanol–water partition coefficient (Wildman–Crippen LogP) is 4.21. The average molecular weight is 455 g/mol. The first-order chi connectivity index (χ1) is 15.5. The first-order valence-electron chi connectivity index (χ1n) is 10.3. The summed E-state index contributed by atoms with van der Waals surface area (Å²) in [5, 5.41) is 5.42. The van der Waals surface area contributed by atoms with Crippen LogP contribution in [-0.2, 0) is 16.2 Å². The van der Waals surface area contributed by atoms with Crippen molar-refractivity contribution in [1.82, 2.24) is 5.01 Å². The van der Waals surface area contributed by atoms with Gasteiger partial charge in [0.05, 0.1) is 30.2 Å². The van der Waals surface area contributed by atoms with Crippen molar-refractivity contribution >= 4 is 29.6 Å². The van der Waals surface area contributed by atoms with Crippen molar-refractivity contribution in [2.75, 3.05) is 7.11 Å². The molecule has 2 aromatic carbocycles. The van der Waals surface area contributed by atoms with E-state index in [0.29, 0.717) is 22.6 Å². The van der Waals surface area contributed by atoms with E-state index in [0.717, 1.165) is 11.4 Å². The van der Waals surface area contributed by atoms with Crippen LogP contribution in [0.3, 0.4) is 0 Å². The Morgan fingerprint density at radius 1 is 1.16 bits per heavy atom. The summed E-state index contributed by atoms with van der Waals surface area (Å²) in [6, 6.07) is 9.33. The molecule has 1 saturated heterocycles. The second kappa shape index (κ2) is 8.06. The second-order valence-electron chi connectivity index (χ2n) is 8.19. The maximum atomic E-state index is 13.4. The van der Waals surface area contributed by atoms with Gasteiger partial charge in [0, 0.05) is 0 Å². The van der Waals surface area contributed by atoms with Gasteiger partial charge in [-0.15, -0.1) is 0 Å². The number of carbonyl (C=O) groups is 2. The van der Waals surface area contributed by atoms with Gasteiger partial charge >= 0.3 is 0 Å². The molecular formula is C24H20ClFN2O4. The van der Waals surface area contributed by atoms with Crippen LogP contribution in [-0.4, -0.2) is 30.1 Å². The number of hydrazone groups is 1. The zero-order chi connectivity index (χ0) is 22.4. The first kappa shape index (κ1) is 20.7. The summed E-state index contributed by atoms with van der Waals surface area (Å²) in [6.07, 6.45) is 6.36. The molecule has 32 heavy (non-hydrogen) atoms. The van der Waals surface area contributed by atoms with Gasteiger partial charge in [0.15, 0.2) is 11.5 Å². The minimum absolute atomic E-state index is 0.108. The number of amides is 2. The Labute approximate surface area is 189 Å². The van der Waals surface area contributed by atoms with Gasteiger partial charge in [0.1, 0.15) is 12.4 Å². The van der Waals surface area contributed by atoms with E-state index >= 15 is 0 Å². The summed E-state index contributed by atoms with van der Waals surface area (Å²) >= 11 is 6.39. The van der Waals surface area contributed by atoms with E-state index in [-0.39, 0.29) is 52.9 Å². The smallest absolute Gasteiger partial charge is 0.254 e. The Kier molecular flexibility index (Phi) is 5.21. The Morgan fingerprint density at radius 3 is 2.53 bits per heavy atom. The summed E-state index contributed by atoms with van der Waals surface area (Å²) in [5.41, 5.74) is 1.19. The molecule has 4 atom stereocenters. The highest BCUT2D eigenvalue weighted by Crippen LogP contribution is 2.52. The maximum absolute atomic E-state index is 13.4. The molecule has 2 bridgehead atoms.